The quantitative estimate of drug-likeness (QED) is 0.259. The van der Waals surface area contributed by atoms with Gasteiger partial charge >= 0.3 is 12.4 Å². The fourth-order valence-corrected chi connectivity index (χ4v) is 7.05. The van der Waals surface area contributed by atoms with Crippen LogP contribution in [0.5, 0.6) is 5.75 Å². The Bertz CT molecular complexity index is 1410. The van der Waals surface area contributed by atoms with E-state index >= 15 is 0 Å². The van der Waals surface area contributed by atoms with Crippen LogP contribution in [-0.2, 0) is 11.0 Å². The van der Waals surface area contributed by atoms with E-state index in [9.17, 15) is 40.3 Å². The first-order valence-corrected chi connectivity index (χ1v) is 14.2. The SMILES string of the molecule is COc1ccc(C2CCCCC2)cc1C(=O)N[C@@H]1C2CCC(/C2=C/C(F)(F)F)[C@@H]1C(=O)Nc1ccc(F)c(C(F)(F)F)c1. The maximum Gasteiger partial charge on any atom is 0.419 e. The topological polar surface area (TPSA) is 67.4 Å². The second-order valence-electron chi connectivity index (χ2n) is 11.5. The van der Waals surface area contributed by atoms with E-state index in [-0.39, 0.29) is 47.4 Å². The number of anilines is 1. The van der Waals surface area contributed by atoms with E-state index in [2.05, 4.69) is 10.6 Å². The Morgan fingerprint density at radius 2 is 1.60 bits per heavy atom. The maximum atomic E-state index is 13.8. The molecule has 12 heteroatoms. The van der Waals surface area contributed by atoms with Crippen LogP contribution in [0, 0.1) is 23.6 Å². The van der Waals surface area contributed by atoms with Gasteiger partial charge in [0.15, 0.2) is 0 Å². The number of halogens is 7. The third-order valence-electron chi connectivity index (χ3n) is 8.91. The minimum atomic E-state index is -5.03. The van der Waals surface area contributed by atoms with Gasteiger partial charge in [-0.3, -0.25) is 9.59 Å². The number of hydrogen-bond acceptors (Lipinski definition) is 3. The molecule has 0 radical (unpaired) electrons. The van der Waals surface area contributed by atoms with Gasteiger partial charge in [0.05, 0.1) is 24.2 Å². The first kappa shape index (κ1) is 30.9. The van der Waals surface area contributed by atoms with Gasteiger partial charge in [-0.25, -0.2) is 4.39 Å². The monoisotopic (exact) mass is 612 g/mol. The first-order valence-electron chi connectivity index (χ1n) is 14.2. The Balaban J connectivity index is 1.45. The summed E-state index contributed by atoms with van der Waals surface area (Å²) in [6, 6.07) is 6.15. The van der Waals surface area contributed by atoms with Gasteiger partial charge in [0.2, 0.25) is 5.91 Å². The molecule has 43 heavy (non-hydrogen) atoms. The average Bonchev–Trinajstić information content (AvgIpc) is 3.46. The lowest BCUT2D eigenvalue weighted by Gasteiger charge is -2.30. The van der Waals surface area contributed by atoms with E-state index in [1.54, 1.807) is 12.1 Å². The van der Waals surface area contributed by atoms with Crippen LogP contribution in [0.3, 0.4) is 0 Å². The molecule has 0 aromatic heterocycles. The molecule has 3 saturated carbocycles. The zero-order valence-electron chi connectivity index (χ0n) is 23.2. The van der Waals surface area contributed by atoms with E-state index < -0.39 is 59.3 Å². The van der Waals surface area contributed by atoms with Crippen molar-refractivity contribution in [1.82, 2.24) is 5.32 Å². The first-order chi connectivity index (χ1) is 20.3. The third-order valence-corrected chi connectivity index (χ3v) is 8.91. The van der Waals surface area contributed by atoms with Gasteiger partial charge in [-0.1, -0.05) is 30.9 Å². The van der Waals surface area contributed by atoms with Crippen LogP contribution >= 0.6 is 0 Å². The highest BCUT2D eigenvalue weighted by atomic mass is 19.4. The van der Waals surface area contributed by atoms with Crippen LogP contribution in [0.25, 0.3) is 0 Å². The summed E-state index contributed by atoms with van der Waals surface area (Å²) >= 11 is 0. The van der Waals surface area contributed by atoms with E-state index in [1.807, 2.05) is 6.07 Å². The number of rotatable bonds is 6. The normalized spacial score (nSPS) is 25.2. The van der Waals surface area contributed by atoms with Crippen LogP contribution < -0.4 is 15.4 Å². The number of hydrogen-bond donors (Lipinski definition) is 2. The molecule has 2 bridgehead atoms. The van der Waals surface area contributed by atoms with Crippen molar-refractivity contribution in [3.63, 3.8) is 0 Å². The van der Waals surface area contributed by atoms with Crippen molar-refractivity contribution < 1.29 is 45.1 Å². The predicted molar refractivity (Wildman–Crippen MR) is 144 cm³/mol. The highest BCUT2D eigenvalue weighted by molar-refractivity contribution is 5.99. The van der Waals surface area contributed by atoms with E-state index in [0.717, 1.165) is 43.7 Å². The number of carbonyl (C=O) groups is 2. The van der Waals surface area contributed by atoms with Crippen molar-refractivity contribution in [1.29, 1.82) is 0 Å². The predicted octanol–water partition coefficient (Wildman–Crippen LogP) is 7.78. The highest BCUT2D eigenvalue weighted by Gasteiger charge is 2.55. The number of methoxy groups -OCH3 is 1. The zero-order chi connectivity index (χ0) is 31.1. The summed E-state index contributed by atoms with van der Waals surface area (Å²) in [5.74, 6) is -5.42. The zero-order valence-corrected chi connectivity index (χ0v) is 23.2. The molecular weight excluding hydrogens is 581 g/mol. The number of ether oxygens (including phenoxy) is 1. The molecule has 2 aromatic carbocycles. The maximum absolute atomic E-state index is 13.8. The molecule has 0 aliphatic heterocycles. The van der Waals surface area contributed by atoms with Crippen LogP contribution in [0.1, 0.15) is 72.3 Å². The molecule has 3 aliphatic rings. The van der Waals surface area contributed by atoms with Gasteiger partial charge in [0, 0.05) is 23.7 Å². The standard InChI is InChI=1S/C31H31F7N2O3/c1-43-25-12-7-17(16-5-3-2-4-6-16)13-21(25)28(41)40-27-20-10-9-19(22(20)15-30(33,34)35)26(27)29(42)39-18-8-11-24(32)23(14-18)31(36,37)38/h7-8,11-16,19-20,26-27H,2-6,9-10H2,1H3,(H,39,42)(H,40,41)/b22-15-/t19?,20?,26-,27+/m0/s1. The Morgan fingerprint density at radius 3 is 2.26 bits per heavy atom. The number of carbonyl (C=O) groups excluding carboxylic acids is 2. The molecule has 0 heterocycles. The molecule has 4 atom stereocenters. The molecule has 232 valence electrons. The molecule has 0 saturated heterocycles. The highest BCUT2D eigenvalue weighted by Crippen LogP contribution is 2.54. The second-order valence-corrected chi connectivity index (χ2v) is 11.5. The van der Waals surface area contributed by atoms with Crippen molar-refractivity contribution in [3.8, 4) is 5.75 Å². The Hall–Kier alpha value is -3.57. The number of nitrogens with one attached hydrogen (secondary N) is 2. The summed E-state index contributed by atoms with van der Waals surface area (Å²) in [6.07, 6.45) is -3.83. The van der Waals surface area contributed by atoms with E-state index in [0.29, 0.717) is 12.1 Å². The van der Waals surface area contributed by atoms with Gasteiger partial charge < -0.3 is 15.4 Å². The summed E-state index contributed by atoms with van der Waals surface area (Å²) in [5.41, 5.74) is -0.860. The fraction of sp³-hybridized carbons (Fsp3) is 0.484. The Kier molecular flexibility index (Phi) is 8.50. The smallest absolute Gasteiger partial charge is 0.419 e. The molecular formula is C31H31F7N2O3. The van der Waals surface area contributed by atoms with Gasteiger partial charge in [-0.2, -0.15) is 26.3 Å². The third kappa shape index (κ3) is 6.52. The van der Waals surface area contributed by atoms with Crippen molar-refractivity contribution in [2.24, 2.45) is 17.8 Å². The molecule has 5 nitrogen and oxygen atoms in total. The van der Waals surface area contributed by atoms with Crippen molar-refractivity contribution in [3.05, 3.63) is 70.6 Å². The Morgan fingerprint density at radius 1 is 0.907 bits per heavy atom. The minimum Gasteiger partial charge on any atom is -0.496 e. The van der Waals surface area contributed by atoms with Crippen molar-refractivity contribution in [2.75, 3.05) is 12.4 Å². The Labute approximate surface area is 243 Å². The molecule has 0 spiro atoms. The molecule has 2 aromatic rings. The van der Waals surface area contributed by atoms with E-state index in [4.69, 9.17) is 4.74 Å². The lowest BCUT2D eigenvalue weighted by molar-refractivity contribution is -0.140. The van der Waals surface area contributed by atoms with Crippen molar-refractivity contribution >= 4 is 17.5 Å². The summed E-state index contributed by atoms with van der Waals surface area (Å²) in [5, 5.41) is 5.10. The second kappa shape index (κ2) is 11.8. The average molecular weight is 613 g/mol. The number of alkyl halides is 6. The van der Waals surface area contributed by atoms with Gasteiger partial charge in [-0.05, 0) is 73.4 Å². The van der Waals surface area contributed by atoms with Crippen molar-refractivity contribution in [2.45, 2.75) is 69.3 Å². The number of benzene rings is 2. The molecule has 3 fully saturated rings. The largest absolute Gasteiger partial charge is 0.496 e. The van der Waals surface area contributed by atoms with Crippen LogP contribution in [0.4, 0.5) is 36.4 Å². The molecule has 5 rings (SSSR count). The summed E-state index contributed by atoms with van der Waals surface area (Å²) in [6.45, 7) is 0. The van der Waals surface area contributed by atoms with Crippen LogP contribution in [-0.4, -0.2) is 31.1 Å². The van der Waals surface area contributed by atoms with Gasteiger partial charge in [-0.15, -0.1) is 0 Å². The van der Waals surface area contributed by atoms with Gasteiger partial charge in [0.25, 0.3) is 5.91 Å². The fourth-order valence-electron chi connectivity index (χ4n) is 7.05. The lowest BCUT2D eigenvalue weighted by Crippen LogP contribution is -2.48. The number of fused-ring (bicyclic) bond motifs is 2. The van der Waals surface area contributed by atoms with E-state index in [1.165, 1.54) is 7.11 Å². The summed E-state index contributed by atoms with van der Waals surface area (Å²) in [7, 11) is 1.39. The summed E-state index contributed by atoms with van der Waals surface area (Å²) < 4.78 is 99.5. The molecule has 2 unspecified atom stereocenters. The lowest BCUT2D eigenvalue weighted by atomic mass is 9.82. The molecule has 3 aliphatic carbocycles. The number of allylic oxidation sites excluding steroid dienone is 1. The molecule has 2 amide bonds. The summed E-state index contributed by atoms with van der Waals surface area (Å²) in [4.78, 5) is 27.2. The van der Waals surface area contributed by atoms with Gasteiger partial charge in [0.1, 0.15) is 11.6 Å². The van der Waals surface area contributed by atoms with Crippen LogP contribution in [0.15, 0.2) is 48.0 Å². The number of amides is 2. The molecule has 2 N–H and O–H groups in total. The minimum absolute atomic E-state index is 0.0315. The van der Waals surface area contributed by atoms with Crippen LogP contribution in [0.2, 0.25) is 0 Å².